The van der Waals surface area contributed by atoms with Crippen molar-refractivity contribution < 1.29 is 9.59 Å². The molecule has 0 atom stereocenters. The fraction of sp³-hybridized carbons (Fsp3) is 0.571. The Balaban J connectivity index is 1.98. The van der Waals surface area contributed by atoms with E-state index in [0.29, 0.717) is 19.4 Å². The standard InChI is InChI=1S/C14H20N2O2/c1-10(2)15-14(18)7-9-16-8-6-11-12(16)4-3-5-13(11)17/h6,8,10H,3-5,7,9H2,1-2H3,(H,15,18). The van der Waals surface area contributed by atoms with Crippen molar-refractivity contribution in [3.8, 4) is 0 Å². The molecule has 98 valence electrons. The molecule has 2 rings (SSSR count). The number of ketones is 1. The Labute approximate surface area is 107 Å². The molecule has 0 saturated heterocycles. The van der Waals surface area contributed by atoms with Gasteiger partial charge in [0.2, 0.25) is 5.91 Å². The molecule has 4 heteroatoms. The zero-order chi connectivity index (χ0) is 13.1. The summed E-state index contributed by atoms with van der Waals surface area (Å²) < 4.78 is 2.05. The fourth-order valence-corrected chi connectivity index (χ4v) is 2.41. The number of amides is 1. The van der Waals surface area contributed by atoms with E-state index in [9.17, 15) is 9.59 Å². The summed E-state index contributed by atoms with van der Waals surface area (Å²) in [5.74, 6) is 0.302. The fourth-order valence-electron chi connectivity index (χ4n) is 2.41. The van der Waals surface area contributed by atoms with Crippen molar-refractivity contribution in [1.29, 1.82) is 0 Å². The molecule has 0 bridgehead atoms. The van der Waals surface area contributed by atoms with E-state index in [2.05, 4.69) is 5.32 Å². The lowest BCUT2D eigenvalue weighted by atomic mass is 9.97. The molecule has 1 aromatic heterocycles. The van der Waals surface area contributed by atoms with Crippen LogP contribution >= 0.6 is 0 Å². The van der Waals surface area contributed by atoms with Gasteiger partial charge in [0.25, 0.3) is 0 Å². The predicted molar refractivity (Wildman–Crippen MR) is 69.6 cm³/mol. The van der Waals surface area contributed by atoms with Gasteiger partial charge in [-0.3, -0.25) is 9.59 Å². The summed E-state index contributed by atoms with van der Waals surface area (Å²) in [7, 11) is 0. The number of fused-ring (bicyclic) bond motifs is 1. The van der Waals surface area contributed by atoms with Gasteiger partial charge >= 0.3 is 0 Å². The Morgan fingerprint density at radius 1 is 1.44 bits per heavy atom. The predicted octanol–water partition coefficient (Wildman–Crippen LogP) is 1.92. The molecule has 0 saturated carbocycles. The van der Waals surface area contributed by atoms with Crippen molar-refractivity contribution in [3.63, 3.8) is 0 Å². The minimum Gasteiger partial charge on any atom is -0.354 e. The molecule has 0 unspecified atom stereocenters. The summed E-state index contributed by atoms with van der Waals surface area (Å²) in [5, 5.41) is 2.87. The van der Waals surface area contributed by atoms with Gasteiger partial charge in [0.15, 0.2) is 5.78 Å². The van der Waals surface area contributed by atoms with Gasteiger partial charge in [0.1, 0.15) is 0 Å². The van der Waals surface area contributed by atoms with Crippen molar-refractivity contribution in [1.82, 2.24) is 9.88 Å². The maximum absolute atomic E-state index is 11.7. The molecule has 0 spiro atoms. The van der Waals surface area contributed by atoms with Crippen molar-refractivity contribution in [2.24, 2.45) is 0 Å². The zero-order valence-corrected chi connectivity index (χ0v) is 11.0. The number of hydrogen-bond acceptors (Lipinski definition) is 2. The minimum atomic E-state index is 0.0644. The van der Waals surface area contributed by atoms with Crippen LogP contribution in [-0.2, 0) is 17.8 Å². The number of nitrogens with one attached hydrogen (secondary N) is 1. The highest BCUT2D eigenvalue weighted by atomic mass is 16.1. The van der Waals surface area contributed by atoms with E-state index in [1.54, 1.807) is 0 Å². The van der Waals surface area contributed by atoms with Crippen LogP contribution in [0.2, 0.25) is 0 Å². The van der Waals surface area contributed by atoms with E-state index in [4.69, 9.17) is 0 Å². The third-order valence-corrected chi connectivity index (χ3v) is 3.23. The molecule has 0 aliphatic heterocycles. The average molecular weight is 248 g/mol. The summed E-state index contributed by atoms with van der Waals surface area (Å²) >= 11 is 0. The van der Waals surface area contributed by atoms with Gasteiger partial charge in [-0.15, -0.1) is 0 Å². The number of nitrogens with zero attached hydrogens (tertiary/aromatic N) is 1. The number of carbonyl (C=O) groups excluding carboxylic acids is 2. The molecule has 0 fully saturated rings. The molecule has 1 N–H and O–H groups in total. The van der Waals surface area contributed by atoms with E-state index in [0.717, 1.165) is 24.1 Å². The first-order chi connectivity index (χ1) is 8.58. The van der Waals surface area contributed by atoms with Crippen molar-refractivity contribution >= 4 is 11.7 Å². The van der Waals surface area contributed by atoms with Crippen LogP contribution in [-0.4, -0.2) is 22.3 Å². The number of rotatable bonds is 4. The average Bonchev–Trinajstić information content (AvgIpc) is 2.70. The third kappa shape index (κ3) is 2.81. The van der Waals surface area contributed by atoms with Crippen LogP contribution in [0.3, 0.4) is 0 Å². The topological polar surface area (TPSA) is 51.1 Å². The Hall–Kier alpha value is -1.58. The number of carbonyl (C=O) groups is 2. The normalized spacial score (nSPS) is 14.7. The summed E-state index contributed by atoms with van der Waals surface area (Å²) in [5.41, 5.74) is 1.95. The van der Waals surface area contributed by atoms with E-state index >= 15 is 0 Å². The number of hydrogen-bond donors (Lipinski definition) is 1. The smallest absolute Gasteiger partial charge is 0.221 e. The largest absolute Gasteiger partial charge is 0.354 e. The van der Waals surface area contributed by atoms with E-state index in [-0.39, 0.29) is 17.7 Å². The molecule has 1 amide bonds. The Bertz CT molecular complexity index is 460. The lowest BCUT2D eigenvalue weighted by Crippen LogP contribution is -2.30. The van der Waals surface area contributed by atoms with Crippen LogP contribution in [0.5, 0.6) is 0 Å². The highest BCUT2D eigenvalue weighted by Crippen LogP contribution is 2.22. The third-order valence-electron chi connectivity index (χ3n) is 3.23. The molecule has 18 heavy (non-hydrogen) atoms. The van der Waals surface area contributed by atoms with Crippen molar-refractivity contribution in [3.05, 3.63) is 23.5 Å². The zero-order valence-electron chi connectivity index (χ0n) is 11.0. The first-order valence-electron chi connectivity index (χ1n) is 6.58. The Morgan fingerprint density at radius 3 is 2.94 bits per heavy atom. The SMILES string of the molecule is CC(C)NC(=O)CCn1ccc2c1CCCC2=O. The number of Topliss-reactive ketones (excluding diaryl/α,β-unsaturated/α-hetero) is 1. The highest BCUT2D eigenvalue weighted by molar-refractivity contribution is 5.98. The lowest BCUT2D eigenvalue weighted by Gasteiger charge is -2.15. The van der Waals surface area contributed by atoms with Gasteiger partial charge in [-0.05, 0) is 32.8 Å². The van der Waals surface area contributed by atoms with Crippen LogP contribution < -0.4 is 5.32 Å². The van der Waals surface area contributed by atoms with Crippen molar-refractivity contribution in [2.45, 2.75) is 52.1 Å². The van der Waals surface area contributed by atoms with Gasteiger partial charge in [-0.1, -0.05) is 0 Å². The van der Waals surface area contributed by atoms with Gasteiger partial charge in [-0.2, -0.15) is 0 Å². The molecule has 0 aromatic carbocycles. The minimum absolute atomic E-state index is 0.0644. The molecule has 1 aliphatic carbocycles. The van der Waals surface area contributed by atoms with Crippen LogP contribution in [0.4, 0.5) is 0 Å². The van der Waals surface area contributed by atoms with Crippen LogP contribution in [0.15, 0.2) is 12.3 Å². The quantitative estimate of drug-likeness (QED) is 0.885. The summed E-state index contributed by atoms with van der Waals surface area (Å²) in [6, 6.07) is 2.06. The molecule has 1 aliphatic rings. The first-order valence-corrected chi connectivity index (χ1v) is 6.58. The van der Waals surface area contributed by atoms with Gasteiger partial charge in [0, 0.05) is 42.9 Å². The highest BCUT2D eigenvalue weighted by Gasteiger charge is 2.20. The van der Waals surface area contributed by atoms with E-state index in [1.807, 2.05) is 30.7 Å². The molecule has 1 aromatic rings. The second-order valence-electron chi connectivity index (χ2n) is 5.12. The summed E-state index contributed by atoms with van der Waals surface area (Å²) in [6.45, 7) is 4.56. The molecular weight excluding hydrogens is 228 g/mol. The van der Waals surface area contributed by atoms with Crippen molar-refractivity contribution in [2.75, 3.05) is 0 Å². The number of aromatic nitrogens is 1. The van der Waals surface area contributed by atoms with E-state index in [1.165, 1.54) is 0 Å². The Kier molecular flexibility index (Phi) is 3.84. The summed E-state index contributed by atoms with van der Waals surface area (Å²) in [6.07, 6.45) is 4.92. The second kappa shape index (κ2) is 5.38. The van der Waals surface area contributed by atoms with Crippen LogP contribution in [0, 0.1) is 0 Å². The molecule has 0 radical (unpaired) electrons. The lowest BCUT2D eigenvalue weighted by molar-refractivity contribution is -0.121. The van der Waals surface area contributed by atoms with Gasteiger partial charge in [-0.25, -0.2) is 0 Å². The second-order valence-corrected chi connectivity index (χ2v) is 5.12. The van der Waals surface area contributed by atoms with Crippen LogP contribution in [0.25, 0.3) is 0 Å². The van der Waals surface area contributed by atoms with E-state index < -0.39 is 0 Å². The van der Waals surface area contributed by atoms with Crippen LogP contribution in [0.1, 0.15) is 49.2 Å². The molecular formula is C14H20N2O2. The Morgan fingerprint density at radius 2 is 2.22 bits per heavy atom. The summed E-state index contributed by atoms with van der Waals surface area (Å²) in [4.78, 5) is 23.3. The number of aryl methyl sites for hydroxylation is 1. The first kappa shape index (κ1) is 12.9. The van der Waals surface area contributed by atoms with Gasteiger partial charge in [0.05, 0.1) is 0 Å². The van der Waals surface area contributed by atoms with Gasteiger partial charge < -0.3 is 9.88 Å². The molecule has 1 heterocycles. The molecule has 4 nitrogen and oxygen atoms in total. The monoisotopic (exact) mass is 248 g/mol. The maximum Gasteiger partial charge on any atom is 0.221 e. The maximum atomic E-state index is 11.7.